The average molecular weight is 395 g/mol. The van der Waals surface area contributed by atoms with E-state index < -0.39 is 0 Å². The molecule has 1 aliphatic heterocycles. The van der Waals surface area contributed by atoms with Crippen LogP contribution in [0.4, 0.5) is 0 Å². The second-order valence-electron chi connectivity index (χ2n) is 9.14. The third-order valence-corrected chi connectivity index (χ3v) is 6.10. The Hall–Kier alpha value is -1.39. The Labute approximate surface area is 172 Å². The third kappa shape index (κ3) is 9.70. The van der Waals surface area contributed by atoms with Gasteiger partial charge in [-0.1, -0.05) is 40.0 Å². The van der Waals surface area contributed by atoms with Crippen molar-refractivity contribution in [1.29, 1.82) is 0 Å². The van der Waals surface area contributed by atoms with Gasteiger partial charge >= 0.3 is 0 Å². The van der Waals surface area contributed by atoms with Crippen molar-refractivity contribution in [2.45, 2.75) is 97.8 Å². The Kier molecular flexibility index (Phi) is 11.4. The van der Waals surface area contributed by atoms with Gasteiger partial charge in [-0.3, -0.25) is 14.4 Å². The molecule has 162 valence electrons. The van der Waals surface area contributed by atoms with Crippen LogP contribution in [0, 0.1) is 11.3 Å². The fourth-order valence-corrected chi connectivity index (χ4v) is 3.93. The Bertz CT molecular complexity index is 494. The van der Waals surface area contributed by atoms with Gasteiger partial charge in [0.2, 0.25) is 11.8 Å². The molecule has 0 aromatic carbocycles. The highest BCUT2D eigenvalue weighted by Crippen LogP contribution is 2.30. The van der Waals surface area contributed by atoms with Gasteiger partial charge in [-0.05, 0) is 43.9 Å². The lowest BCUT2D eigenvalue weighted by Crippen LogP contribution is -2.42. The first kappa shape index (κ1) is 24.6. The van der Waals surface area contributed by atoms with E-state index in [0.29, 0.717) is 25.3 Å². The number of amides is 2. The van der Waals surface area contributed by atoms with Gasteiger partial charge in [-0.25, -0.2) is 0 Å². The topological polar surface area (TPSA) is 66.5 Å². The summed E-state index contributed by atoms with van der Waals surface area (Å²) in [7, 11) is 1.67. The summed E-state index contributed by atoms with van der Waals surface area (Å²) in [5.41, 5.74) is 0.155. The summed E-state index contributed by atoms with van der Waals surface area (Å²) in [6.07, 6.45) is 10.9. The number of rotatable bonds is 13. The molecule has 0 aromatic rings. The number of unbranched alkanes of at least 4 members (excludes halogenated alkanes) is 3. The van der Waals surface area contributed by atoms with Gasteiger partial charge in [0.15, 0.2) is 0 Å². The predicted octanol–water partition coefficient (Wildman–Crippen LogP) is 4.49. The van der Waals surface area contributed by atoms with Crippen molar-refractivity contribution in [3.63, 3.8) is 0 Å². The summed E-state index contributed by atoms with van der Waals surface area (Å²) in [4.78, 5) is 37.8. The SMILES string of the molecule is CCCCC(=O)CCCCCC(C)(C)CCC(=O)N1CCC(C(=O)NC)CC1. The lowest BCUT2D eigenvalue weighted by atomic mass is 9.82. The van der Waals surface area contributed by atoms with Gasteiger partial charge in [-0.15, -0.1) is 0 Å². The average Bonchev–Trinajstić information content (AvgIpc) is 2.69. The van der Waals surface area contributed by atoms with Crippen molar-refractivity contribution in [3.8, 4) is 0 Å². The molecule has 0 bridgehead atoms. The number of nitrogens with one attached hydrogen (secondary N) is 1. The zero-order valence-electron chi connectivity index (χ0n) is 18.6. The summed E-state index contributed by atoms with van der Waals surface area (Å²) in [5.74, 6) is 0.788. The van der Waals surface area contributed by atoms with Crippen molar-refractivity contribution in [2.75, 3.05) is 20.1 Å². The van der Waals surface area contributed by atoms with Crippen molar-refractivity contribution < 1.29 is 14.4 Å². The number of Topliss-reactive ketones (excluding diaryl/α,β-unsaturated/α-hetero) is 1. The fraction of sp³-hybridized carbons (Fsp3) is 0.870. The molecule has 0 unspecified atom stereocenters. The number of carbonyl (C=O) groups is 3. The first-order valence-corrected chi connectivity index (χ1v) is 11.3. The van der Waals surface area contributed by atoms with E-state index in [0.717, 1.165) is 70.6 Å². The van der Waals surface area contributed by atoms with Crippen molar-refractivity contribution in [1.82, 2.24) is 10.2 Å². The molecule has 0 aliphatic carbocycles. The molecule has 1 fully saturated rings. The molecule has 1 heterocycles. The van der Waals surface area contributed by atoms with E-state index in [1.807, 2.05) is 4.90 Å². The van der Waals surface area contributed by atoms with Crippen molar-refractivity contribution >= 4 is 17.6 Å². The minimum absolute atomic E-state index is 0.0549. The minimum atomic E-state index is 0.0549. The second kappa shape index (κ2) is 12.9. The van der Waals surface area contributed by atoms with Crippen LogP contribution in [0.25, 0.3) is 0 Å². The maximum Gasteiger partial charge on any atom is 0.222 e. The van der Waals surface area contributed by atoms with Gasteiger partial charge in [0.05, 0.1) is 0 Å². The largest absolute Gasteiger partial charge is 0.359 e. The van der Waals surface area contributed by atoms with E-state index >= 15 is 0 Å². The Morgan fingerprint density at radius 1 is 0.929 bits per heavy atom. The predicted molar refractivity (Wildman–Crippen MR) is 114 cm³/mol. The van der Waals surface area contributed by atoms with Crippen LogP contribution in [0.2, 0.25) is 0 Å². The van der Waals surface area contributed by atoms with E-state index in [9.17, 15) is 14.4 Å². The van der Waals surface area contributed by atoms with Gasteiger partial charge in [-0.2, -0.15) is 0 Å². The highest BCUT2D eigenvalue weighted by molar-refractivity contribution is 5.80. The Balaban J connectivity index is 2.18. The molecule has 5 heteroatoms. The number of carbonyl (C=O) groups excluding carboxylic acids is 3. The summed E-state index contributed by atoms with van der Waals surface area (Å²) in [6, 6.07) is 0. The highest BCUT2D eigenvalue weighted by atomic mass is 16.2. The lowest BCUT2D eigenvalue weighted by molar-refractivity contribution is -0.136. The van der Waals surface area contributed by atoms with Gasteiger partial charge in [0.1, 0.15) is 5.78 Å². The number of hydrogen-bond acceptors (Lipinski definition) is 3. The second-order valence-corrected chi connectivity index (χ2v) is 9.14. The van der Waals surface area contributed by atoms with Crippen LogP contribution in [-0.4, -0.2) is 42.6 Å². The fourth-order valence-electron chi connectivity index (χ4n) is 3.93. The molecular weight excluding hydrogens is 352 g/mol. The molecular formula is C23H42N2O3. The summed E-state index contributed by atoms with van der Waals surface area (Å²) >= 11 is 0. The molecule has 1 aliphatic rings. The number of piperidine rings is 1. The van der Waals surface area contributed by atoms with E-state index in [1.165, 1.54) is 0 Å². The zero-order chi connectivity index (χ0) is 21.0. The quantitative estimate of drug-likeness (QED) is 0.468. The van der Waals surface area contributed by atoms with Crippen LogP contribution in [0.1, 0.15) is 97.8 Å². The molecule has 0 spiro atoms. The molecule has 0 radical (unpaired) electrons. The minimum Gasteiger partial charge on any atom is -0.359 e. The molecule has 1 saturated heterocycles. The summed E-state index contributed by atoms with van der Waals surface area (Å²) in [5, 5.41) is 2.71. The first-order valence-electron chi connectivity index (χ1n) is 11.3. The molecule has 1 rings (SSSR count). The zero-order valence-corrected chi connectivity index (χ0v) is 18.6. The van der Waals surface area contributed by atoms with Crippen LogP contribution < -0.4 is 5.32 Å². The van der Waals surface area contributed by atoms with E-state index in [-0.39, 0.29) is 23.1 Å². The van der Waals surface area contributed by atoms with Crippen LogP contribution in [0.5, 0.6) is 0 Å². The van der Waals surface area contributed by atoms with Crippen LogP contribution >= 0.6 is 0 Å². The first-order chi connectivity index (χ1) is 13.3. The van der Waals surface area contributed by atoms with Crippen LogP contribution in [0.3, 0.4) is 0 Å². The number of hydrogen-bond donors (Lipinski definition) is 1. The summed E-state index contributed by atoms with van der Waals surface area (Å²) in [6.45, 7) is 7.99. The number of likely N-dealkylation sites (tertiary alicyclic amines) is 1. The molecule has 2 amide bonds. The van der Waals surface area contributed by atoms with Crippen molar-refractivity contribution in [2.24, 2.45) is 11.3 Å². The van der Waals surface area contributed by atoms with Gasteiger partial charge in [0, 0.05) is 45.3 Å². The molecule has 0 aromatic heterocycles. The van der Waals surface area contributed by atoms with Crippen molar-refractivity contribution in [3.05, 3.63) is 0 Å². The number of ketones is 1. The monoisotopic (exact) mass is 394 g/mol. The van der Waals surface area contributed by atoms with Crippen LogP contribution in [-0.2, 0) is 14.4 Å². The molecule has 0 saturated carbocycles. The standard InChI is InChI=1S/C23H42N2O3/c1-5-6-10-20(26)11-8-7-9-15-23(2,3)16-12-21(27)25-17-13-19(14-18-25)22(28)24-4/h19H,5-18H2,1-4H3,(H,24,28). The molecule has 5 nitrogen and oxygen atoms in total. The maximum atomic E-state index is 12.5. The third-order valence-electron chi connectivity index (χ3n) is 6.10. The number of nitrogens with zero attached hydrogens (tertiary/aromatic N) is 1. The maximum absolute atomic E-state index is 12.5. The lowest BCUT2D eigenvalue weighted by Gasteiger charge is -2.32. The van der Waals surface area contributed by atoms with E-state index in [2.05, 4.69) is 26.1 Å². The molecule has 1 N–H and O–H groups in total. The normalized spacial score (nSPS) is 15.5. The van der Waals surface area contributed by atoms with E-state index in [4.69, 9.17) is 0 Å². The Morgan fingerprint density at radius 2 is 1.57 bits per heavy atom. The Morgan fingerprint density at radius 3 is 2.18 bits per heavy atom. The molecule has 0 atom stereocenters. The summed E-state index contributed by atoms with van der Waals surface area (Å²) < 4.78 is 0. The highest BCUT2D eigenvalue weighted by Gasteiger charge is 2.27. The van der Waals surface area contributed by atoms with Gasteiger partial charge in [0.25, 0.3) is 0 Å². The van der Waals surface area contributed by atoms with E-state index in [1.54, 1.807) is 7.05 Å². The van der Waals surface area contributed by atoms with Gasteiger partial charge < -0.3 is 10.2 Å². The molecule has 28 heavy (non-hydrogen) atoms. The smallest absolute Gasteiger partial charge is 0.222 e. The van der Waals surface area contributed by atoms with Crippen LogP contribution in [0.15, 0.2) is 0 Å².